The van der Waals surface area contributed by atoms with Crippen LogP contribution in [-0.4, -0.2) is 13.1 Å². The monoisotopic (exact) mass is 156 g/mol. The van der Waals surface area contributed by atoms with E-state index in [1.165, 1.54) is 38.5 Å². The molecule has 0 spiro atoms. The second kappa shape index (κ2) is 6.58. The Kier molecular flexibility index (Phi) is 5.37. The van der Waals surface area contributed by atoms with Crippen LogP contribution in [0.4, 0.5) is 0 Å². The molecule has 0 amide bonds. The van der Waals surface area contributed by atoms with Gasteiger partial charge >= 0.3 is 0 Å². The van der Waals surface area contributed by atoms with Crippen molar-refractivity contribution in [3.63, 3.8) is 0 Å². The maximum absolute atomic E-state index is 4.11. The number of rotatable bonds is 0. The summed E-state index contributed by atoms with van der Waals surface area (Å²) in [6.07, 6.45) is 7.97. The van der Waals surface area contributed by atoms with Crippen molar-refractivity contribution in [2.75, 3.05) is 13.1 Å². The van der Waals surface area contributed by atoms with Crippen LogP contribution in [0.25, 0.3) is 0 Å². The van der Waals surface area contributed by atoms with E-state index in [1.54, 1.807) is 0 Å². The van der Waals surface area contributed by atoms with Gasteiger partial charge in [-0.15, -0.1) is 5.43 Å². The summed E-state index contributed by atoms with van der Waals surface area (Å²) in [6.45, 7) is 2.00. The zero-order valence-corrected chi connectivity index (χ0v) is 7.10. The maximum Gasteiger partial charge on any atom is 0.0318 e. The number of hydrazine groups is 1. The maximum atomic E-state index is 4.11. The van der Waals surface area contributed by atoms with E-state index in [1.807, 2.05) is 0 Å². The molecule has 0 unspecified atom stereocenters. The summed E-state index contributed by atoms with van der Waals surface area (Å²) >= 11 is 0. The minimum Gasteiger partial charge on any atom is -0.243 e. The van der Waals surface area contributed by atoms with E-state index in [2.05, 4.69) is 16.4 Å². The molecule has 0 atom stereocenters. The lowest BCUT2D eigenvalue weighted by atomic mass is 10.1. The van der Waals surface area contributed by atoms with Crippen molar-refractivity contribution in [1.82, 2.24) is 16.4 Å². The van der Waals surface area contributed by atoms with Gasteiger partial charge in [0, 0.05) is 13.1 Å². The molecule has 0 aromatic carbocycles. The fourth-order valence-corrected chi connectivity index (χ4v) is 1.28. The van der Waals surface area contributed by atoms with E-state index in [0.717, 1.165) is 13.1 Å². The predicted molar refractivity (Wildman–Crippen MR) is 45.8 cm³/mol. The number of hydrogen-bond acceptors (Lipinski definition) is 2. The van der Waals surface area contributed by atoms with Crippen LogP contribution in [0, 0.1) is 0 Å². The van der Waals surface area contributed by atoms with Crippen LogP contribution in [0.5, 0.6) is 0 Å². The van der Waals surface area contributed by atoms with Crippen LogP contribution >= 0.6 is 0 Å². The van der Waals surface area contributed by atoms with Gasteiger partial charge in [-0.3, -0.25) is 0 Å². The average Bonchev–Trinajstić information content (AvgIpc) is 2.08. The van der Waals surface area contributed by atoms with Gasteiger partial charge in [-0.25, -0.2) is 5.43 Å². The summed E-state index contributed by atoms with van der Waals surface area (Å²) in [7, 11) is 0. The van der Waals surface area contributed by atoms with Crippen molar-refractivity contribution >= 4 is 0 Å². The van der Waals surface area contributed by atoms with Gasteiger partial charge in [-0.05, 0) is 12.8 Å². The number of nitrogens with one attached hydrogen (secondary N) is 2. The highest BCUT2D eigenvalue weighted by atomic mass is 15.6. The van der Waals surface area contributed by atoms with Gasteiger partial charge in [0.05, 0.1) is 0 Å². The molecule has 1 radical (unpaired) electrons. The molecule has 1 rings (SSSR count). The SMILES string of the molecule is C1CCCCNN[N]CCC1. The van der Waals surface area contributed by atoms with Gasteiger partial charge < -0.3 is 0 Å². The van der Waals surface area contributed by atoms with Crippen molar-refractivity contribution < 1.29 is 0 Å². The molecule has 0 saturated carbocycles. The molecule has 1 saturated heterocycles. The Hall–Kier alpha value is -0.120. The molecule has 11 heavy (non-hydrogen) atoms. The topological polar surface area (TPSA) is 38.2 Å². The normalized spacial score (nSPS) is 24.0. The molecule has 2 N–H and O–H groups in total. The second-order valence-corrected chi connectivity index (χ2v) is 3.04. The Morgan fingerprint density at radius 3 is 2.45 bits per heavy atom. The minimum absolute atomic E-state index is 0.951. The Bertz CT molecular complexity index is 47.4. The highest BCUT2D eigenvalue weighted by Crippen LogP contribution is 2.04. The van der Waals surface area contributed by atoms with Gasteiger partial charge in [0.2, 0.25) is 0 Å². The molecule has 0 bridgehead atoms. The molecule has 0 aliphatic carbocycles. The minimum atomic E-state index is 0.951. The lowest BCUT2D eigenvalue weighted by Gasteiger charge is -2.03. The lowest BCUT2D eigenvalue weighted by molar-refractivity contribution is 0.418. The molecule has 1 aliphatic heterocycles. The molecule has 1 heterocycles. The van der Waals surface area contributed by atoms with Crippen molar-refractivity contribution in [3.05, 3.63) is 0 Å². The molecule has 0 aromatic heterocycles. The van der Waals surface area contributed by atoms with Crippen LogP contribution in [0.15, 0.2) is 0 Å². The van der Waals surface area contributed by atoms with Crippen LogP contribution in [0.1, 0.15) is 38.5 Å². The highest BCUT2D eigenvalue weighted by Gasteiger charge is 1.94. The third-order valence-corrected chi connectivity index (χ3v) is 1.98. The molecule has 65 valence electrons. The molecular formula is C8H18N3. The largest absolute Gasteiger partial charge is 0.243 e. The van der Waals surface area contributed by atoms with Crippen molar-refractivity contribution in [1.29, 1.82) is 0 Å². The Balaban J connectivity index is 2.02. The van der Waals surface area contributed by atoms with E-state index in [9.17, 15) is 0 Å². The van der Waals surface area contributed by atoms with Gasteiger partial charge in [0.1, 0.15) is 0 Å². The van der Waals surface area contributed by atoms with E-state index >= 15 is 0 Å². The molecular weight excluding hydrogens is 138 g/mol. The standard InChI is InChI=1S/C8H18N3/c1-2-4-6-8-10-11-9-7-5-3-1/h9,11H,1-8H2. The van der Waals surface area contributed by atoms with E-state index in [4.69, 9.17) is 0 Å². The smallest absolute Gasteiger partial charge is 0.0318 e. The van der Waals surface area contributed by atoms with Gasteiger partial charge in [0.15, 0.2) is 0 Å². The number of nitrogens with zero attached hydrogens (tertiary/aromatic N) is 1. The summed E-state index contributed by atoms with van der Waals surface area (Å²) in [5.41, 5.74) is 10.0. The molecule has 3 heteroatoms. The first-order valence-electron chi connectivity index (χ1n) is 4.64. The highest BCUT2D eigenvalue weighted by molar-refractivity contribution is 4.49. The van der Waals surface area contributed by atoms with Crippen LogP contribution in [0.3, 0.4) is 0 Å². The fraction of sp³-hybridized carbons (Fsp3) is 1.00. The van der Waals surface area contributed by atoms with E-state index in [-0.39, 0.29) is 0 Å². The summed E-state index contributed by atoms with van der Waals surface area (Å²) < 4.78 is 0. The Morgan fingerprint density at radius 2 is 1.55 bits per heavy atom. The quantitative estimate of drug-likeness (QED) is 0.548. The van der Waals surface area contributed by atoms with Crippen LogP contribution < -0.4 is 16.4 Å². The third kappa shape index (κ3) is 5.18. The molecule has 3 nitrogen and oxygen atoms in total. The van der Waals surface area contributed by atoms with Crippen molar-refractivity contribution in [2.45, 2.75) is 38.5 Å². The first-order chi connectivity index (χ1) is 5.50. The predicted octanol–water partition coefficient (Wildman–Crippen LogP) is 0.954. The first-order valence-corrected chi connectivity index (χ1v) is 4.64. The van der Waals surface area contributed by atoms with Crippen LogP contribution in [0.2, 0.25) is 0 Å². The lowest BCUT2D eigenvalue weighted by Crippen LogP contribution is -2.39. The zero-order valence-electron chi connectivity index (χ0n) is 7.10. The van der Waals surface area contributed by atoms with E-state index in [0.29, 0.717) is 0 Å². The van der Waals surface area contributed by atoms with Crippen molar-refractivity contribution in [2.24, 2.45) is 0 Å². The van der Waals surface area contributed by atoms with Crippen molar-refractivity contribution in [3.8, 4) is 0 Å². The van der Waals surface area contributed by atoms with E-state index < -0.39 is 0 Å². The van der Waals surface area contributed by atoms with Gasteiger partial charge in [0.25, 0.3) is 0 Å². The summed E-state index contributed by atoms with van der Waals surface area (Å²) in [5, 5.41) is 0. The Morgan fingerprint density at radius 1 is 0.818 bits per heavy atom. The van der Waals surface area contributed by atoms with Gasteiger partial charge in [-0.2, -0.15) is 5.53 Å². The molecule has 1 fully saturated rings. The fourth-order valence-electron chi connectivity index (χ4n) is 1.28. The van der Waals surface area contributed by atoms with Gasteiger partial charge in [-0.1, -0.05) is 25.7 Å². The van der Waals surface area contributed by atoms with Crippen LogP contribution in [-0.2, 0) is 0 Å². The summed E-state index contributed by atoms with van der Waals surface area (Å²) in [4.78, 5) is 0. The molecule has 1 aliphatic rings. The Labute approximate surface area is 68.9 Å². The molecule has 0 aromatic rings. The third-order valence-electron chi connectivity index (χ3n) is 1.98. The zero-order chi connectivity index (χ0) is 7.78. The summed E-state index contributed by atoms with van der Waals surface area (Å²) in [5.74, 6) is 0. The summed E-state index contributed by atoms with van der Waals surface area (Å²) in [6, 6.07) is 0. The number of hydrogen-bond donors (Lipinski definition) is 2. The second-order valence-electron chi connectivity index (χ2n) is 3.04. The first kappa shape index (κ1) is 8.97. The average molecular weight is 156 g/mol.